The normalized spacial score (nSPS) is 14.4. The zero-order chi connectivity index (χ0) is 33.3. The number of nitrogens with zero attached hydrogens (tertiary/aromatic N) is 4. The summed E-state index contributed by atoms with van der Waals surface area (Å²) in [7, 11) is 0. The zero-order valence-corrected chi connectivity index (χ0v) is 28.1. The van der Waals surface area contributed by atoms with Crippen LogP contribution in [0.15, 0.2) is 146 Å². The summed E-state index contributed by atoms with van der Waals surface area (Å²) in [5, 5.41) is 2.58. The van der Waals surface area contributed by atoms with Crippen molar-refractivity contribution in [3.05, 3.63) is 157 Å². The summed E-state index contributed by atoms with van der Waals surface area (Å²) in [6.45, 7) is 9.59. The van der Waals surface area contributed by atoms with Gasteiger partial charge in [-0.3, -0.25) is 0 Å². The number of benzene rings is 6. The Hall–Kier alpha value is -5.87. The molecular formula is C45H36N4. The zero-order valence-electron chi connectivity index (χ0n) is 28.1. The molecule has 9 rings (SSSR count). The SMILES string of the molecule is CC1(C)c2ccccc2-c2c(ccc3c2c2ccccc2n3-c2ccc(-c3nc(-c4ccccc4)nc(-c4ccccc4)n3)cc2)C1(C)C. The van der Waals surface area contributed by atoms with Gasteiger partial charge in [-0.1, -0.05) is 137 Å². The third-order valence-corrected chi connectivity index (χ3v) is 11.0. The number of fused-ring (bicyclic) bond motifs is 7. The lowest BCUT2D eigenvalue weighted by Crippen LogP contribution is -2.43. The summed E-state index contributed by atoms with van der Waals surface area (Å²) in [4.78, 5) is 14.8. The molecule has 49 heavy (non-hydrogen) atoms. The van der Waals surface area contributed by atoms with E-state index >= 15 is 0 Å². The Morgan fingerprint density at radius 2 is 0.939 bits per heavy atom. The van der Waals surface area contributed by atoms with Crippen molar-refractivity contribution >= 4 is 21.8 Å². The van der Waals surface area contributed by atoms with Crippen LogP contribution in [-0.4, -0.2) is 19.5 Å². The van der Waals surface area contributed by atoms with E-state index in [9.17, 15) is 0 Å². The fourth-order valence-electron chi connectivity index (χ4n) is 7.76. The second-order valence-electron chi connectivity index (χ2n) is 14.1. The fourth-order valence-corrected chi connectivity index (χ4v) is 7.76. The molecule has 8 aromatic rings. The summed E-state index contributed by atoms with van der Waals surface area (Å²) in [6, 6.07) is 51.4. The third-order valence-electron chi connectivity index (χ3n) is 11.0. The average Bonchev–Trinajstić information content (AvgIpc) is 3.49. The molecule has 6 aromatic carbocycles. The Morgan fingerprint density at radius 1 is 0.429 bits per heavy atom. The summed E-state index contributed by atoms with van der Waals surface area (Å²) >= 11 is 0. The molecule has 4 nitrogen and oxygen atoms in total. The van der Waals surface area contributed by atoms with Crippen LogP contribution in [0.2, 0.25) is 0 Å². The maximum absolute atomic E-state index is 4.96. The van der Waals surface area contributed by atoms with E-state index in [1.807, 2.05) is 60.7 Å². The molecule has 0 saturated carbocycles. The minimum absolute atomic E-state index is 0.0196. The topological polar surface area (TPSA) is 43.6 Å². The number of hydrogen-bond donors (Lipinski definition) is 0. The summed E-state index contributed by atoms with van der Waals surface area (Å²) < 4.78 is 2.41. The minimum Gasteiger partial charge on any atom is -0.309 e. The molecule has 4 heteroatoms. The lowest BCUT2D eigenvalue weighted by Gasteiger charge is -2.48. The number of para-hydroxylation sites is 1. The Labute approximate surface area is 286 Å². The molecule has 0 aliphatic heterocycles. The Bertz CT molecular complexity index is 2470. The van der Waals surface area contributed by atoms with E-state index in [-0.39, 0.29) is 10.8 Å². The van der Waals surface area contributed by atoms with E-state index < -0.39 is 0 Å². The molecule has 0 radical (unpaired) electrons. The van der Waals surface area contributed by atoms with E-state index in [1.165, 1.54) is 44.1 Å². The maximum atomic E-state index is 4.96. The molecule has 0 amide bonds. The van der Waals surface area contributed by atoms with Gasteiger partial charge in [0.15, 0.2) is 17.5 Å². The molecular weight excluding hydrogens is 597 g/mol. The largest absolute Gasteiger partial charge is 0.309 e. The number of hydrogen-bond acceptors (Lipinski definition) is 3. The van der Waals surface area contributed by atoms with E-state index in [1.54, 1.807) is 0 Å². The van der Waals surface area contributed by atoms with Gasteiger partial charge in [0.2, 0.25) is 0 Å². The summed E-state index contributed by atoms with van der Waals surface area (Å²) in [5.74, 6) is 1.97. The third kappa shape index (κ3) is 4.40. The first kappa shape index (κ1) is 29.3. The van der Waals surface area contributed by atoms with Gasteiger partial charge in [-0.05, 0) is 69.5 Å². The van der Waals surface area contributed by atoms with Gasteiger partial charge < -0.3 is 4.57 Å². The lowest BCUT2D eigenvalue weighted by molar-refractivity contribution is 0.299. The van der Waals surface area contributed by atoms with Crippen molar-refractivity contribution in [3.8, 4) is 51.0 Å². The fraction of sp³-hybridized carbons (Fsp3) is 0.133. The lowest BCUT2D eigenvalue weighted by atomic mass is 9.55. The predicted octanol–water partition coefficient (Wildman–Crippen LogP) is 11.2. The molecule has 0 N–H and O–H groups in total. The van der Waals surface area contributed by atoms with Gasteiger partial charge in [0.25, 0.3) is 0 Å². The molecule has 2 heterocycles. The van der Waals surface area contributed by atoms with Gasteiger partial charge in [0.1, 0.15) is 0 Å². The molecule has 0 bridgehead atoms. The molecule has 0 atom stereocenters. The van der Waals surface area contributed by atoms with E-state index in [0.717, 1.165) is 22.4 Å². The van der Waals surface area contributed by atoms with Gasteiger partial charge in [0, 0.05) is 33.2 Å². The van der Waals surface area contributed by atoms with Gasteiger partial charge in [-0.2, -0.15) is 0 Å². The average molecular weight is 633 g/mol. The molecule has 2 aromatic heterocycles. The van der Waals surface area contributed by atoms with E-state index in [2.05, 4.69) is 117 Å². The number of aromatic nitrogens is 4. The second-order valence-corrected chi connectivity index (χ2v) is 14.1. The highest BCUT2D eigenvalue weighted by Gasteiger charge is 2.46. The van der Waals surface area contributed by atoms with Crippen LogP contribution in [0.1, 0.15) is 38.8 Å². The van der Waals surface area contributed by atoms with Crippen molar-refractivity contribution in [3.63, 3.8) is 0 Å². The van der Waals surface area contributed by atoms with Crippen molar-refractivity contribution in [1.82, 2.24) is 19.5 Å². The highest BCUT2D eigenvalue weighted by atomic mass is 15.0. The highest BCUT2D eigenvalue weighted by Crippen LogP contribution is 2.56. The van der Waals surface area contributed by atoms with E-state index in [4.69, 9.17) is 15.0 Å². The second kappa shape index (κ2) is 10.8. The highest BCUT2D eigenvalue weighted by molar-refractivity contribution is 6.17. The van der Waals surface area contributed by atoms with Crippen LogP contribution in [0, 0.1) is 0 Å². The van der Waals surface area contributed by atoms with Crippen LogP contribution in [0.25, 0.3) is 72.8 Å². The quantitative estimate of drug-likeness (QED) is 0.194. The summed E-state index contributed by atoms with van der Waals surface area (Å²) in [6.07, 6.45) is 0. The van der Waals surface area contributed by atoms with Gasteiger partial charge in [-0.25, -0.2) is 15.0 Å². The van der Waals surface area contributed by atoms with Crippen LogP contribution in [-0.2, 0) is 10.8 Å². The van der Waals surface area contributed by atoms with Crippen molar-refractivity contribution in [2.45, 2.75) is 38.5 Å². The van der Waals surface area contributed by atoms with Crippen molar-refractivity contribution in [2.24, 2.45) is 0 Å². The molecule has 0 saturated heterocycles. The van der Waals surface area contributed by atoms with E-state index in [0.29, 0.717) is 17.5 Å². The smallest absolute Gasteiger partial charge is 0.164 e. The minimum atomic E-state index is -0.0581. The first-order valence-corrected chi connectivity index (χ1v) is 17.0. The van der Waals surface area contributed by atoms with Gasteiger partial charge in [-0.15, -0.1) is 0 Å². The monoisotopic (exact) mass is 632 g/mol. The molecule has 0 fully saturated rings. The molecule has 0 spiro atoms. The molecule has 0 unspecified atom stereocenters. The van der Waals surface area contributed by atoms with Crippen molar-refractivity contribution in [1.29, 1.82) is 0 Å². The van der Waals surface area contributed by atoms with Gasteiger partial charge >= 0.3 is 0 Å². The van der Waals surface area contributed by atoms with Crippen molar-refractivity contribution in [2.75, 3.05) is 0 Å². The first-order valence-electron chi connectivity index (χ1n) is 17.0. The van der Waals surface area contributed by atoms with Crippen LogP contribution in [0.4, 0.5) is 0 Å². The predicted molar refractivity (Wildman–Crippen MR) is 202 cm³/mol. The maximum Gasteiger partial charge on any atom is 0.164 e. The Morgan fingerprint density at radius 3 is 1.57 bits per heavy atom. The Balaban J connectivity index is 1.23. The Kier molecular flexibility index (Phi) is 6.47. The molecule has 236 valence electrons. The first-order chi connectivity index (χ1) is 23.8. The van der Waals surface area contributed by atoms with Crippen LogP contribution < -0.4 is 0 Å². The summed E-state index contributed by atoms with van der Waals surface area (Å²) in [5.41, 5.74) is 11.8. The van der Waals surface area contributed by atoms with Crippen LogP contribution in [0.3, 0.4) is 0 Å². The van der Waals surface area contributed by atoms with Crippen molar-refractivity contribution < 1.29 is 0 Å². The van der Waals surface area contributed by atoms with Crippen LogP contribution in [0.5, 0.6) is 0 Å². The standard InChI is InChI=1S/C45H36N4/c1-44(2)35-21-13-11-19-33(35)39-36(45(44,3)4)27-28-38-40(39)34-20-12-14-22-37(34)49(38)32-25-23-31(24-26-32)43-47-41(29-15-7-5-8-16-29)46-42(48-43)30-17-9-6-10-18-30/h5-28H,1-4H3. The van der Waals surface area contributed by atoms with Crippen LogP contribution >= 0.6 is 0 Å². The van der Waals surface area contributed by atoms with Gasteiger partial charge in [0.05, 0.1) is 11.0 Å². The number of rotatable bonds is 4. The molecule has 1 aliphatic carbocycles. The molecule has 1 aliphatic rings.